The molecule has 0 aliphatic heterocycles. The first-order chi connectivity index (χ1) is 5.33. The third kappa shape index (κ3) is 0.758. The van der Waals surface area contributed by atoms with Crippen molar-refractivity contribution in [1.29, 1.82) is 5.26 Å². The van der Waals surface area contributed by atoms with Gasteiger partial charge in [-0.15, -0.1) is 0 Å². The van der Waals surface area contributed by atoms with Gasteiger partial charge >= 0.3 is 0 Å². The van der Waals surface area contributed by atoms with E-state index in [0.29, 0.717) is 11.6 Å². The SMILES string of the molecule is CC1CCc2[nH]nc(C#N)c21. The number of nitrogens with zero attached hydrogens (tertiary/aromatic N) is 2. The molecule has 0 aromatic carbocycles. The molecule has 1 N–H and O–H groups in total. The minimum atomic E-state index is 0.512. The highest BCUT2D eigenvalue weighted by Gasteiger charge is 2.24. The van der Waals surface area contributed by atoms with E-state index < -0.39 is 0 Å². The minimum absolute atomic E-state index is 0.512. The van der Waals surface area contributed by atoms with Gasteiger partial charge in [-0.3, -0.25) is 5.10 Å². The molecule has 0 saturated heterocycles. The van der Waals surface area contributed by atoms with Gasteiger partial charge in [0.2, 0.25) is 0 Å². The maximum Gasteiger partial charge on any atom is 0.165 e. The number of rotatable bonds is 0. The van der Waals surface area contributed by atoms with Crippen molar-refractivity contribution in [2.24, 2.45) is 0 Å². The fourth-order valence-electron chi connectivity index (χ4n) is 1.70. The molecule has 0 fully saturated rings. The molecule has 1 heterocycles. The first-order valence-corrected chi connectivity index (χ1v) is 3.80. The van der Waals surface area contributed by atoms with E-state index in [1.165, 1.54) is 0 Å². The zero-order valence-corrected chi connectivity index (χ0v) is 6.39. The lowest BCUT2D eigenvalue weighted by Crippen LogP contribution is -1.88. The molecule has 0 spiro atoms. The van der Waals surface area contributed by atoms with Crippen LogP contribution in [-0.4, -0.2) is 10.2 Å². The first-order valence-electron chi connectivity index (χ1n) is 3.80. The molecular weight excluding hydrogens is 138 g/mol. The molecule has 1 unspecified atom stereocenters. The summed E-state index contributed by atoms with van der Waals surface area (Å²) in [5, 5.41) is 15.5. The predicted octanol–water partition coefficient (Wildman–Crippen LogP) is 1.33. The van der Waals surface area contributed by atoms with Crippen molar-refractivity contribution in [2.75, 3.05) is 0 Å². The highest BCUT2D eigenvalue weighted by molar-refractivity contribution is 5.39. The van der Waals surface area contributed by atoms with Crippen LogP contribution in [0.2, 0.25) is 0 Å². The molecule has 1 aromatic rings. The van der Waals surface area contributed by atoms with E-state index in [-0.39, 0.29) is 0 Å². The van der Waals surface area contributed by atoms with Gasteiger partial charge in [0.1, 0.15) is 6.07 Å². The molecule has 1 atom stereocenters. The number of hydrogen-bond donors (Lipinski definition) is 1. The molecule has 0 saturated carbocycles. The summed E-state index contributed by atoms with van der Waals surface area (Å²) in [6.45, 7) is 2.14. The Kier molecular flexibility index (Phi) is 1.22. The van der Waals surface area contributed by atoms with E-state index in [9.17, 15) is 0 Å². The average molecular weight is 147 g/mol. The van der Waals surface area contributed by atoms with E-state index in [4.69, 9.17) is 5.26 Å². The van der Waals surface area contributed by atoms with Crippen LogP contribution >= 0.6 is 0 Å². The molecule has 0 bridgehead atoms. The van der Waals surface area contributed by atoms with Crippen molar-refractivity contribution < 1.29 is 0 Å². The number of H-pyrrole nitrogens is 1. The number of aryl methyl sites for hydroxylation is 1. The average Bonchev–Trinajstić information content (AvgIpc) is 2.54. The Morgan fingerprint density at radius 3 is 3.27 bits per heavy atom. The van der Waals surface area contributed by atoms with Crippen LogP contribution < -0.4 is 0 Å². The summed E-state index contributed by atoms with van der Waals surface area (Å²) in [7, 11) is 0. The zero-order valence-electron chi connectivity index (χ0n) is 6.39. The van der Waals surface area contributed by atoms with Crippen LogP contribution in [0.5, 0.6) is 0 Å². The predicted molar refractivity (Wildman–Crippen MR) is 40.0 cm³/mol. The Balaban J connectivity index is 2.57. The van der Waals surface area contributed by atoms with Crippen LogP contribution in [0.25, 0.3) is 0 Å². The third-order valence-corrected chi connectivity index (χ3v) is 2.31. The second-order valence-corrected chi connectivity index (χ2v) is 3.02. The lowest BCUT2D eigenvalue weighted by molar-refractivity contribution is 0.732. The number of nitrogens with one attached hydrogen (secondary N) is 1. The Labute approximate surface area is 65.0 Å². The summed E-state index contributed by atoms with van der Waals surface area (Å²) < 4.78 is 0. The summed E-state index contributed by atoms with van der Waals surface area (Å²) in [5.41, 5.74) is 2.89. The van der Waals surface area contributed by atoms with Crippen LogP contribution in [0.3, 0.4) is 0 Å². The second-order valence-electron chi connectivity index (χ2n) is 3.02. The lowest BCUT2D eigenvalue weighted by atomic mass is 10.1. The van der Waals surface area contributed by atoms with E-state index >= 15 is 0 Å². The van der Waals surface area contributed by atoms with Gasteiger partial charge in [0.15, 0.2) is 5.69 Å². The monoisotopic (exact) mass is 147 g/mol. The largest absolute Gasteiger partial charge is 0.281 e. The summed E-state index contributed by atoms with van der Waals surface area (Å²) >= 11 is 0. The molecule has 3 heteroatoms. The maximum absolute atomic E-state index is 8.68. The molecular formula is C8H9N3. The summed E-state index contributed by atoms with van der Waals surface area (Å²) in [6.07, 6.45) is 2.20. The normalized spacial score (nSPS) is 21.3. The van der Waals surface area contributed by atoms with Gasteiger partial charge in [-0.25, -0.2) is 0 Å². The van der Waals surface area contributed by atoms with Crippen molar-refractivity contribution in [3.05, 3.63) is 17.0 Å². The Morgan fingerprint density at radius 1 is 1.73 bits per heavy atom. The Morgan fingerprint density at radius 2 is 2.55 bits per heavy atom. The zero-order chi connectivity index (χ0) is 7.84. The molecule has 2 rings (SSSR count). The smallest absolute Gasteiger partial charge is 0.165 e. The van der Waals surface area contributed by atoms with Crippen LogP contribution in [-0.2, 0) is 6.42 Å². The van der Waals surface area contributed by atoms with Gasteiger partial charge < -0.3 is 0 Å². The Hall–Kier alpha value is -1.30. The van der Waals surface area contributed by atoms with Crippen LogP contribution in [0.1, 0.15) is 36.2 Å². The fraction of sp³-hybridized carbons (Fsp3) is 0.500. The van der Waals surface area contributed by atoms with E-state index in [0.717, 1.165) is 24.1 Å². The van der Waals surface area contributed by atoms with Crippen LogP contribution in [0.15, 0.2) is 0 Å². The van der Waals surface area contributed by atoms with Crippen LogP contribution in [0.4, 0.5) is 0 Å². The topological polar surface area (TPSA) is 52.5 Å². The molecule has 0 radical (unpaired) electrons. The lowest BCUT2D eigenvalue weighted by Gasteiger charge is -1.97. The fourth-order valence-corrected chi connectivity index (χ4v) is 1.70. The molecule has 3 nitrogen and oxygen atoms in total. The number of aromatic nitrogens is 2. The second kappa shape index (κ2) is 2.09. The number of nitriles is 1. The van der Waals surface area contributed by atoms with Crippen molar-refractivity contribution in [2.45, 2.75) is 25.7 Å². The van der Waals surface area contributed by atoms with Crippen LogP contribution in [0, 0.1) is 11.3 Å². The maximum atomic E-state index is 8.68. The summed E-state index contributed by atoms with van der Waals surface area (Å²) in [4.78, 5) is 0. The highest BCUT2D eigenvalue weighted by atomic mass is 15.1. The Bertz CT molecular complexity index is 319. The van der Waals surface area contributed by atoms with E-state index in [1.54, 1.807) is 0 Å². The molecule has 0 amide bonds. The van der Waals surface area contributed by atoms with Gasteiger partial charge in [-0.05, 0) is 18.8 Å². The number of hydrogen-bond acceptors (Lipinski definition) is 2. The van der Waals surface area contributed by atoms with Gasteiger partial charge in [0.05, 0.1) is 0 Å². The number of fused-ring (bicyclic) bond motifs is 1. The van der Waals surface area contributed by atoms with Crippen molar-refractivity contribution >= 4 is 0 Å². The van der Waals surface area contributed by atoms with Gasteiger partial charge in [0.25, 0.3) is 0 Å². The van der Waals surface area contributed by atoms with Gasteiger partial charge in [0, 0.05) is 11.3 Å². The molecule has 1 aliphatic carbocycles. The van der Waals surface area contributed by atoms with E-state index in [1.807, 2.05) is 0 Å². The van der Waals surface area contributed by atoms with Gasteiger partial charge in [-0.2, -0.15) is 10.4 Å². The molecule has 1 aliphatic rings. The first kappa shape index (κ1) is 6.41. The van der Waals surface area contributed by atoms with Crippen molar-refractivity contribution in [3.63, 3.8) is 0 Å². The van der Waals surface area contributed by atoms with Crippen molar-refractivity contribution in [3.8, 4) is 6.07 Å². The highest BCUT2D eigenvalue weighted by Crippen LogP contribution is 2.32. The molecule has 1 aromatic heterocycles. The molecule has 11 heavy (non-hydrogen) atoms. The van der Waals surface area contributed by atoms with Crippen molar-refractivity contribution in [1.82, 2.24) is 10.2 Å². The quantitative estimate of drug-likeness (QED) is 0.601. The third-order valence-electron chi connectivity index (χ3n) is 2.31. The van der Waals surface area contributed by atoms with Gasteiger partial charge in [-0.1, -0.05) is 6.92 Å². The summed E-state index contributed by atoms with van der Waals surface area (Å²) in [6, 6.07) is 2.10. The number of aromatic amines is 1. The van der Waals surface area contributed by atoms with E-state index in [2.05, 4.69) is 23.2 Å². The molecule has 56 valence electrons. The minimum Gasteiger partial charge on any atom is -0.281 e. The standard InChI is InChI=1S/C8H9N3/c1-5-2-3-6-8(5)7(4-9)11-10-6/h5H,2-3H2,1H3,(H,10,11). The summed E-state index contributed by atoms with van der Waals surface area (Å²) in [5.74, 6) is 0.512.